The smallest absolute Gasteiger partial charge is 0.0720 e. The number of hydrogen-bond acceptors (Lipinski definition) is 2. The molecular weight excluding hydrogens is 482 g/mol. The molecule has 2 nitrogen and oxygen atoms in total. The molecular formula is C31H36BrNO. The molecule has 0 saturated carbocycles. The van der Waals surface area contributed by atoms with E-state index in [2.05, 4.69) is 109 Å². The molecule has 34 heavy (non-hydrogen) atoms. The average Bonchev–Trinajstić information content (AvgIpc) is 2.81. The van der Waals surface area contributed by atoms with Crippen LogP contribution in [0.1, 0.15) is 68.8 Å². The van der Waals surface area contributed by atoms with Crippen LogP contribution < -0.4 is 0 Å². The van der Waals surface area contributed by atoms with E-state index in [1.165, 1.54) is 22.3 Å². The molecule has 0 heterocycles. The summed E-state index contributed by atoms with van der Waals surface area (Å²) in [5.74, 6) is -0.0471. The van der Waals surface area contributed by atoms with Crippen molar-refractivity contribution in [1.82, 2.24) is 0 Å². The average molecular weight is 519 g/mol. The number of aliphatic imine (C=N–C) groups is 1. The molecule has 0 unspecified atom stereocenters. The highest BCUT2D eigenvalue weighted by Crippen LogP contribution is 2.46. The summed E-state index contributed by atoms with van der Waals surface area (Å²) in [6, 6.07) is 27.9. The van der Waals surface area contributed by atoms with Crippen LogP contribution in [0, 0.1) is 5.92 Å². The maximum Gasteiger partial charge on any atom is 0.0720 e. The molecule has 0 bridgehead atoms. The Labute approximate surface area is 213 Å². The molecule has 0 aromatic heterocycles. The van der Waals surface area contributed by atoms with Gasteiger partial charge in [-0.1, -0.05) is 96.0 Å². The number of hydrogen-bond donors (Lipinski definition) is 1. The van der Waals surface area contributed by atoms with Crippen LogP contribution in [0.15, 0.2) is 88.3 Å². The molecule has 4 atom stereocenters. The Hall–Kier alpha value is -2.23. The van der Waals surface area contributed by atoms with E-state index < -0.39 is 5.60 Å². The molecule has 3 aromatic carbocycles. The number of fused-ring (bicyclic) bond motifs is 1. The number of rotatable bonds is 7. The third kappa shape index (κ3) is 5.06. The van der Waals surface area contributed by atoms with Crippen molar-refractivity contribution >= 4 is 21.6 Å². The van der Waals surface area contributed by atoms with Crippen molar-refractivity contribution in [3.63, 3.8) is 0 Å². The van der Waals surface area contributed by atoms with Gasteiger partial charge in [-0.15, -0.1) is 0 Å². The lowest BCUT2D eigenvalue weighted by molar-refractivity contribution is 0.0126. The molecule has 1 N–H and O–H groups in total. The van der Waals surface area contributed by atoms with E-state index in [1.54, 1.807) is 0 Å². The molecule has 3 heteroatoms. The van der Waals surface area contributed by atoms with E-state index in [9.17, 15) is 5.11 Å². The van der Waals surface area contributed by atoms with Crippen LogP contribution in [0.25, 0.3) is 0 Å². The van der Waals surface area contributed by atoms with Crippen molar-refractivity contribution in [2.24, 2.45) is 10.9 Å². The first-order chi connectivity index (χ1) is 16.2. The summed E-state index contributed by atoms with van der Waals surface area (Å²) in [6.07, 6.45) is 3.33. The van der Waals surface area contributed by atoms with E-state index in [0.29, 0.717) is 0 Å². The molecule has 0 spiro atoms. The molecule has 4 rings (SSSR count). The largest absolute Gasteiger partial charge is 0.389 e. The van der Waals surface area contributed by atoms with Crippen molar-refractivity contribution in [3.05, 3.63) is 106 Å². The Balaban J connectivity index is 1.93. The van der Waals surface area contributed by atoms with E-state index >= 15 is 0 Å². The predicted molar refractivity (Wildman–Crippen MR) is 147 cm³/mol. The van der Waals surface area contributed by atoms with Crippen LogP contribution in [0.4, 0.5) is 0 Å². The van der Waals surface area contributed by atoms with Gasteiger partial charge in [-0.2, -0.15) is 0 Å². The quantitative estimate of drug-likeness (QED) is 0.339. The first-order valence-electron chi connectivity index (χ1n) is 12.4. The maximum absolute atomic E-state index is 11.8. The summed E-state index contributed by atoms with van der Waals surface area (Å²) in [5, 5.41) is 11.8. The fraction of sp³-hybridized carbons (Fsp3) is 0.387. The second-order valence-electron chi connectivity index (χ2n) is 10.3. The van der Waals surface area contributed by atoms with E-state index in [1.807, 2.05) is 13.0 Å². The lowest BCUT2D eigenvalue weighted by Crippen LogP contribution is -2.53. The van der Waals surface area contributed by atoms with Gasteiger partial charge in [-0.05, 0) is 74.4 Å². The minimum Gasteiger partial charge on any atom is -0.389 e. The number of nitrogens with zero attached hydrogens (tertiary/aromatic N) is 1. The summed E-state index contributed by atoms with van der Waals surface area (Å²) in [4.78, 5) is 5.45. The standard InChI is InChI=1S/C31H36BrNO/c1-5-18-31(4,34)28-20-25-19-26(32)16-17-27(25)30(3,21-23-12-8-6-9-13-23)29(28)33-22(2)24-14-10-7-11-15-24/h6-17,19,22,28,34H,5,18,20-21H2,1-4H3/t22-,28+,30+,31+/m0/s1. The van der Waals surface area contributed by atoms with E-state index in [4.69, 9.17) is 4.99 Å². The number of halogens is 1. The zero-order chi connectivity index (χ0) is 24.3. The highest BCUT2D eigenvalue weighted by Gasteiger charge is 2.48. The molecule has 0 radical (unpaired) electrons. The number of benzene rings is 3. The maximum atomic E-state index is 11.8. The molecule has 0 saturated heterocycles. The van der Waals surface area contributed by atoms with E-state index in [0.717, 1.165) is 35.9 Å². The van der Waals surface area contributed by atoms with Gasteiger partial charge in [0, 0.05) is 21.5 Å². The number of aliphatic hydroxyl groups is 1. The molecule has 3 aromatic rings. The predicted octanol–water partition coefficient (Wildman–Crippen LogP) is 7.88. The first kappa shape index (κ1) is 24.9. The van der Waals surface area contributed by atoms with Gasteiger partial charge in [0.2, 0.25) is 0 Å². The SMILES string of the molecule is CCC[C@@](C)(O)[C@@H]1Cc2cc(Br)ccc2[C@@](C)(Cc2ccccc2)C1=N[C@@H](C)c1ccccc1. The van der Waals surface area contributed by atoms with Crippen LogP contribution in [-0.2, 0) is 18.3 Å². The second-order valence-corrected chi connectivity index (χ2v) is 11.2. The monoisotopic (exact) mass is 517 g/mol. The van der Waals surface area contributed by atoms with Crippen molar-refractivity contribution in [3.8, 4) is 0 Å². The van der Waals surface area contributed by atoms with Crippen molar-refractivity contribution in [2.45, 2.75) is 70.4 Å². The fourth-order valence-corrected chi connectivity index (χ4v) is 6.15. The Morgan fingerprint density at radius 3 is 2.35 bits per heavy atom. The summed E-state index contributed by atoms with van der Waals surface area (Å²) >= 11 is 3.69. The van der Waals surface area contributed by atoms with Gasteiger partial charge in [-0.25, -0.2) is 0 Å². The van der Waals surface area contributed by atoms with Gasteiger partial charge in [0.25, 0.3) is 0 Å². The van der Waals surface area contributed by atoms with Gasteiger partial charge in [0.15, 0.2) is 0 Å². The summed E-state index contributed by atoms with van der Waals surface area (Å²) < 4.78 is 1.08. The zero-order valence-corrected chi connectivity index (χ0v) is 22.3. The summed E-state index contributed by atoms with van der Waals surface area (Å²) in [5.41, 5.74) is 5.09. The fourth-order valence-electron chi connectivity index (χ4n) is 5.74. The lowest BCUT2D eigenvalue weighted by Gasteiger charge is -2.47. The normalized spacial score (nSPS) is 23.8. The Morgan fingerprint density at radius 1 is 1.06 bits per heavy atom. The van der Waals surface area contributed by atoms with Crippen molar-refractivity contribution < 1.29 is 5.11 Å². The van der Waals surface area contributed by atoms with Crippen molar-refractivity contribution in [1.29, 1.82) is 0 Å². The Morgan fingerprint density at radius 2 is 1.71 bits per heavy atom. The minimum absolute atomic E-state index is 0.0169. The van der Waals surface area contributed by atoms with Crippen molar-refractivity contribution in [2.75, 3.05) is 0 Å². The highest BCUT2D eigenvalue weighted by atomic mass is 79.9. The van der Waals surface area contributed by atoms with Gasteiger partial charge >= 0.3 is 0 Å². The summed E-state index contributed by atoms with van der Waals surface area (Å²) in [6.45, 7) is 8.66. The van der Waals surface area contributed by atoms with Crippen LogP contribution in [-0.4, -0.2) is 16.4 Å². The van der Waals surface area contributed by atoms with Crippen LogP contribution >= 0.6 is 15.9 Å². The molecule has 1 aliphatic carbocycles. The molecule has 1 aliphatic rings. The lowest BCUT2D eigenvalue weighted by atomic mass is 9.59. The first-order valence-corrected chi connectivity index (χ1v) is 13.2. The topological polar surface area (TPSA) is 32.6 Å². The summed E-state index contributed by atoms with van der Waals surface area (Å²) in [7, 11) is 0. The third-order valence-corrected chi connectivity index (χ3v) is 8.00. The van der Waals surface area contributed by atoms with Crippen LogP contribution in [0.5, 0.6) is 0 Å². The van der Waals surface area contributed by atoms with Gasteiger partial charge in [-0.3, -0.25) is 4.99 Å². The third-order valence-electron chi connectivity index (χ3n) is 7.50. The van der Waals surface area contributed by atoms with Gasteiger partial charge in [0.1, 0.15) is 0 Å². The minimum atomic E-state index is -0.831. The molecule has 0 amide bonds. The Kier molecular flexibility index (Phi) is 7.45. The molecule has 0 fully saturated rings. The Bertz CT molecular complexity index is 1140. The van der Waals surface area contributed by atoms with Crippen LogP contribution in [0.3, 0.4) is 0 Å². The van der Waals surface area contributed by atoms with Gasteiger partial charge in [0.05, 0.1) is 11.6 Å². The highest BCUT2D eigenvalue weighted by molar-refractivity contribution is 9.10. The van der Waals surface area contributed by atoms with Crippen LogP contribution in [0.2, 0.25) is 0 Å². The second kappa shape index (κ2) is 10.2. The zero-order valence-electron chi connectivity index (χ0n) is 20.8. The van der Waals surface area contributed by atoms with E-state index in [-0.39, 0.29) is 17.4 Å². The van der Waals surface area contributed by atoms with Gasteiger partial charge < -0.3 is 5.11 Å². The molecule has 0 aliphatic heterocycles. The molecule has 178 valence electrons.